The number of benzene rings is 2. The van der Waals surface area contributed by atoms with Crippen molar-refractivity contribution in [3.05, 3.63) is 59.7 Å². The third-order valence-corrected chi connectivity index (χ3v) is 4.74. The van der Waals surface area contributed by atoms with E-state index in [0.717, 1.165) is 10.5 Å². The van der Waals surface area contributed by atoms with Crippen molar-refractivity contribution >= 4 is 23.7 Å². The molecule has 26 heavy (non-hydrogen) atoms. The van der Waals surface area contributed by atoms with Gasteiger partial charge in [0.2, 0.25) is 5.89 Å². The summed E-state index contributed by atoms with van der Waals surface area (Å²) in [7, 11) is 0. The normalized spacial score (nSPS) is 11.4. The summed E-state index contributed by atoms with van der Waals surface area (Å²) in [6, 6.07) is 15.4. The van der Waals surface area contributed by atoms with Crippen LogP contribution in [0, 0.1) is 0 Å². The van der Waals surface area contributed by atoms with E-state index in [4.69, 9.17) is 4.42 Å². The van der Waals surface area contributed by atoms with E-state index in [1.54, 1.807) is 23.9 Å². The minimum Gasteiger partial charge on any atom is -0.403 e. The van der Waals surface area contributed by atoms with Crippen LogP contribution in [-0.4, -0.2) is 22.4 Å². The lowest BCUT2D eigenvalue weighted by Crippen LogP contribution is -2.14. The highest BCUT2D eigenvalue weighted by molar-refractivity contribution is 7.98. The van der Waals surface area contributed by atoms with Gasteiger partial charge < -0.3 is 4.42 Å². The van der Waals surface area contributed by atoms with Crippen LogP contribution in [0.3, 0.4) is 0 Å². The van der Waals surface area contributed by atoms with Crippen molar-refractivity contribution < 1.29 is 9.21 Å². The standard InChI is InChI=1S/C20H21N3O2S/c1-20(2,3)15-9-5-13(6-10-15)17(24)21-19-23-22-18(25-19)14-7-11-16(26-4)12-8-14/h5-12H,1-4H3,(H,21,23,24). The molecule has 1 heterocycles. The van der Waals surface area contributed by atoms with Crippen molar-refractivity contribution in [3.8, 4) is 11.5 Å². The molecule has 3 aromatic rings. The fourth-order valence-corrected chi connectivity index (χ4v) is 2.82. The Bertz CT molecular complexity index is 894. The molecule has 0 atom stereocenters. The molecule has 6 heteroatoms. The number of carbonyl (C=O) groups is 1. The van der Waals surface area contributed by atoms with Gasteiger partial charge in [0.1, 0.15) is 0 Å². The van der Waals surface area contributed by atoms with Crippen LogP contribution in [-0.2, 0) is 5.41 Å². The van der Waals surface area contributed by atoms with Gasteiger partial charge in [-0.25, -0.2) is 0 Å². The zero-order chi connectivity index (χ0) is 18.7. The van der Waals surface area contributed by atoms with Gasteiger partial charge in [0, 0.05) is 16.0 Å². The molecule has 0 spiro atoms. The van der Waals surface area contributed by atoms with Crippen molar-refractivity contribution in [2.75, 3.05) is 11.6 Å². The first kappa shape index (κ1) is 18.2. The van der Waals surface area contributed by atoms with Crippen LogP contribution in [0.2, 0.25) is 0 Å². The SMILES string of the molecule is CSc1ccc(-c2nnc(NC(=O)c3ccc(C(C)(C)C)cc3)o2)cc1. The summed E-state index contributed by atoms with van der Waals surface area (Å²) in [6.07, 6.45) is 2.02. The summed E-state index contributed by atoms with van der Waals surface area (Å²) in [5.41, 5.74) is 2.57. The maximum absolute atomic E-state index is 12.4. The Labute approximate surface area is 157 Å². The molecule has 5 nitrogen and oxygen atoms in total. The van der Waals surface area contributed by atoms with E-state index in [9.17, 15) is 4.79 Å². The zero-order valence-electron chi connectivity index (χ0n) is 15.2. The van der Waals surface area contributed by atoms with Gasteiger partial charge in [-0.3, -0.25) is 10.1 Å². The molecule has 0 aliphatic carbocycles. The van der Waals surface area contributed by atoms with Crippen LogP contribution in [0.5, 0.6) is 0 Å². The largest absolute Gasteiger partial charge is 0.403 e. The van der Waals surface area contributed by atoms with Crippen LogP contribution >= 0.6 is 11.8 Å². The van der Waals surface area contributed by atoms with Gasteiger partial charge in [-0.1, -0.05) is 38.0 Å². The minimum atomic E-state index is -0.279. The monoisotopic (exact) mass is 367 g/mol. The van der Waals surface area contributed by atoms with Gasteiger partial charge in [-0.15, -0.1) is 16.9 Å². The number of hydrogen-bond acceptors (Lipinski definition) is 5. The van der Waals surface area contributed by atoms with Crippen molar-refractivity contribution in [2.24, 2.45) is 0 Å². The summed E-state index contributed by atoms with van der Waals surface area (Å²) in [6.45, 7) is 6.40. The molecular weight excluding hydrogens is 346 g/mol. The summed E-state index contributed by atoms with van der Waals surface area (Å²) in [5.74, 6) is 0.0921. The van der Waals surface area contributed by atoms with Crippen LogP contribution in [0.4, 0.5) is 6.01 Å². The van der Waals surface area contributed by atoms with Crippen LogP contribution in [0.25, 0.3) is 11.5 Å². The summed E-state index contributed by atoms with van der Waals surface area (Å²) >= 11 is 1.66. The summed E-state index contributed by atoms with van der Waals surface area (Å²) < 4.78 is 5.55. The number of nitrogens with one attached hydrogen (secondary N) is 1. The van der Waals surface area contributed by atoms with E-state index in [-0.39, 0.29) is 17.3 Å². The number of carbonyl (C=O) groups excluding carboxylic acids is 1. The third kappa shape index (κ3) is 4.14. The van der Waals surface area contributed by atoms with E-state index in [0.29, 0.717) is 11.5 Å². The average molecular weight is 367 g/mol. The van der Waals surface area contributed by atoms with E-state index in [1.807, 2.05) is 42.7 Å². The summed E-state index contributed by atoms with van der Waals surface area (Å²) in [5, 5.41) is 10.5. The smallest absolute Gasteiger partial charge is 0.322 e. The molecule has 0 saturated carbocycles. The lowest BCUT2D eigenvalue weighted by atomic mass is 9.87. The highest BCUT2D eigenvalue weighted by Crippen LogP contribution is 2.24. The van der Waals surface area contributed by atoms with Crippen molar-refractivity contribution in [3.63, 3.8) is 0 Å². The highest BCUT2D eigenvalue weighted by Gasteiger charge is 2.16. The quantitative estimate of drug-likeness (QED) is 0.657. The Balaban J connectivity index is 1.71. The number of nitrogens with zero attached hydrogens (tertiary/aromatic N) is 2. The second-order valence-corrected chi connectivity index (χ2v) is 7.80. The first-order valence-corrected chi connectivity index (χ1v) is 9.49. The average Bonchev–Trinajstić information content (AvgIpc) is 3.09. The lowest BCUT2D eigenvalue weighted by Gasteiger charge is -2.18. The molecule has 3 rings (SSSR count). The predicted molar refractivity (Wildman–Crippen MR) is 105 cm³/mol. The van der Waals surface area contributed by atoms with E-state index < -0.39 is 0 Å². The minimum absolute atomic E-state index is 0.0439. The molecule has 1 N–H and O–H groups in total. The Morgan fingerprint density at radius 3 is 2.23 bits per heavy atom. The maximum Gasteiger partial charge on any atom is 0.322 e. The number of anilines is 1. The lowest BCUT2D eigenvalue weighted by molar-refractivity contribution is 0.102. The Morgan fingerprint density at radius 2 is 1.65 bits per heavy atom. The van der Waals surface area contributed by atoms with E-state index in [1.165, 1.54) is 5.56 Å². The predicted octanol–water partition coefficient (Wildman–Crippen LogP) is 5.01. The van der Waals surface area contributed by atoms with Crippen LogP contribution in [0.1, 0.15) is 36.7 Å². The molecule has 0 unspecified atom stereocenters. The van der Waals surface area contributed by atoms with Gasteiger partial charge in [-0.05, 0) is 53.6 Å². The molecule has 2 aromatic carbocycles. The molecule has 0 fully saturated rings. The van der Waals surface area contributed by atoms with E-state index in [2.05, 4.69) is 36.3 Å². The molecular formula is C20H21N3O2S. The van der Waals surface area contributed by atoms with Gasteiger partial charge in [0.15, 0.2) is 0 Å². The maximum atomic E-state index is 12.4. The second kappa shape index (κ2) is 7.33. The number of aromatic nitrogens is 2. The fourth-order valence-electron chi connectivity index (χ4n) is 2.41. The van der Waals surface area contributed by atoms with Crippen molar-refractivity contribution in [2.45, 2.75) is 31.1 Å². The van der Waals surface area contributed by atoms with Crippen molar-refractivity contribution in [1.29, 1.82) is 0 Å². The molecule has 0 radical (unpaired) electrons. The second-order valence-electron chi connectivity index (χ2n) is 6.92. The highest BCUT2D eigenvalue weighted by atomic mass is 32.2. The molecule has 0 aliphatic rings. The van der Waals surface area contributed by atoms with Gasteiger partial charge >= 0.3 is 6.01 Å². The Kier molecular flexibility index (Phi) is 5.13. The molecule has 1 amide bonds. The Morgan fingerprint density at radius 1 is 1.00 bits per heavy atom. The van der Waals surface area contributed by atoms with Gasteiger partial charge in [0.05, 0.1) is 0 Å². The molecule has 134 valence electrons. The molecule has 0 aliphatic heterocycles. The molecule has 0 bridgehead atoms. The number of hydrogen-bond donors (Lipinski definition) is 1. The topological polar surface area (TPSA) is 68.0 Å². The molecule has 0 saturated heterocycles. The Hall–Kier alpha value is -2.60. The first-order chi connectivity index (χ1) is 12.4. The van der Waals surface area contributed by atoms with E-state index >= 15 is 0 Å². The summed E-state index contributed by atoms with van der Waals surface area (Å²) in [4.78, 5) is 13.5. The number of amides is 1. The van der Waals surface area contributed by atoms with Crippen LogP contribution in [0.15, 0.2) is 57.8 Å². The number of thioether (sulfide) groups is 1. The van der Waals surface area contributed by atoms with Crippen molar-refractivity contribution in [1.82, 2.24) is 10.2 Å². The van der Waals surface area contributed by atoms with Gasteiger partial charge in [-0.2, -0.15) is 0 Å². The fraction of sp³-hybridized carbons (Fsp3) is 0.250. The van der Waals surface area contributed by atoms with Crippen LogP contribution < -0.4 is 5.32 Å². The first-order valence-electron chi connectivity index (χ1n) is 8.26. The van der Waals surface area contributed by atoms with Gasteiger partial charge in [0.25, 0.3) is 5.91 Å². The third-order valence-electron chi connectivity index (χ3n) is 4.00. The molecule has 1 aromatic heterocycles. The zero-order valence-corrected chi connectivity index (χ0v) is 16.1. The number of rotatable bonds is 4.